The number of aliphatic carboxylic acids is 1. The van der Waals surface area contributed by atoms with Crippen molar-refractivity contribution in [2.24, 2.45) is 5.92 Å². The van der Waals surface area contributed by atoms with Crippen LogP contribution in [0.25, 0.3) is 0 Å². The number of carbonyl (C=O) groups is 4. The van der Waals surface area contributed by atoms with Gasteiger partial charge in [0.15, 0.2) is 0 Å². The Bertz CT molecular complexity index is 786. The van der Waals surface area contributed by atoms with Gasteiger partial charge in [0.25, 0.3) is 0 Å². The molecule has 2 atom stereocenters. The van der Waals surface area contributed by atoms with Crippen molar-refractivity contribution in [3.05, 3.63) is 24.3 Å². The van der Waals surface area contributed by atoms with E-state index in [1.54, 1.807) is 38.1 Å². The first-order valence-corrected chi connectivity index (χ1v) is 10.6. The fourth-order valence-electron chi connectivity index (χ4n) is 2.91. The van der Waals surface area contributed by atoms with E-state index in [2.05, 4.69) is 16.0 Å². The fourth-order valence-corrected chi connectivity index (χ4v) is 3.39. The Balaban J connectivity index is 2.14. The van der Waals surface area contributed by atoms with Gasteiger partial charge >= 0.3 is 12.0 Å². The molecule has 0 unspecified atom stereocenters. The third-order valence-corrected chi connectivity index (χ3v) is 5.11. The van der Waals surface area contributed by atoms with Crippen LogP contribution in [0.15, 0.2) is 24.3 Å². The molecule has 0 saturated heterocycles. The molecule has 1 aromatic rings. The average molecular weight is 423 g/mol. The van der Waals surface area contributed by atoms with Crippen LogP contribution in [-0.2, 0) is 14.4 Å². The van der Waals surface area contributed by atoms with Gasteiger partial charge in [0.1, 0.15) is 18.6 Å². The fraction of sp³-hybridized carbons (Fsp3) is 0.474. The number of anilines is 2. The smallest absolute Gasteiger partial charge is 0.326 e. The number of amides is 4. The van der Waals surface area contributed by atoms with Gasteiger partial charge in [-0.25, -0.2) is 9.59 Å². The van der Waals surface area contributed by atoms with Crippen LogP contribution in [0.4, 0.5) is 16.2 Å². The topological polar surface area (TPSA) is 128 Å². The van der Waals surface area contributed by atoms with Crippen molar-refractivity contribution < 1.29 is 24.3 Å². The number of thioether (sulfide) groups is 1. The van der Waals surface area contributed by atoms with E-state index in [1.165, 1.54) is 16.7 Å². The lowest BCUT2D eigenvalue weighted by molar-refractivity contribution is -0.142. The predicted octanol–water partition coefficient (Wildman–Crippen LogP) is 1.50. The van der Waals surface area contributed by atoms with E-state index in [-0.39, 0.29) is 24.8 Å². The van der Waals surface area contributed by atoms with Crippen LogP contribution in [0.3, 0.4) is 0 Å². The van der Waals surface area contributed by atoms with Gasteiger partial charge < -0.3 is 21.1 Å². The Hall–Kier alpha value is -2.75. The summed E-state index contributed by atoms with van der Waals surface area (Å²) in [6.07, 6.45) is 2.13. The number of urea groups is 1. The molecule has 10 heteroatoms. The number of hydrogen-bond acceptors (Lipinski definition) is 5. The van der Waals surface area contributed by atoms with Gasteiger partial charge in [-0.15, -0.1) is 0 Å². The van der Waals surface area contributed by atoms with Crippen LogP contribution in [0.5, 0.6) is 0 Å². The Morgan fingerprint density at radius 2 is 1.93 bits per heavy atom. The molecular formula is C19H26N4O5S. The summed E-state index contributed by atoms with van der Waals surface area (Å²) in [5.41, 5.74) is 1.03. The zero-order valence-electron chi connectivity index (χ0n) is 16.6. The van der Waals surface area contributed by atoms with Crippen LogP contribution in [-0.4, -0.2) is 59.6 Å². The minimum atomic E-state index is -1.12. The summed E-state index contributed by atoms with van der Waals surface area (Å²) < 4.78 is 0. The average Bonchev–Trinajstić information content (AvgIpc) is 2.67. The lowest BCUT2D eigenvalue weighted by atomic mass is 10.0. The van der Waals surface area contributed by atoms with Crippen molar-refractivity contribution in [2.45, 2.75) is 32.4 Å². The molecule has 1 aromatic carbocycles. The predicted molar refractivity (Wildman–Crippen MR) is 112 cm³/mol. The maximum atomic E-state index is 12.9. The molecule has 1 aliphatic heterocycles. The number of carboxylic acid groups (broad SMARTS) is 1. The third-order valence-electron chi connectivity index (χ3n) is 4.47. The second kappa shape index (κ2) is 10.1. The Labute approximate surface area is 173 Å². The molecule has 1 heterocycles. The van der Waals surface area contributed by atoms with E-state index in [9.17, 15) is 24.3 Å². The number of nitrogens with zero attached hydrogens (tertiary/aromatic N) is 1. The van der Waals surface area contributed by atoms with Crippen molar-refractivity contribution in [1.82, 2.24) is 10.6 Å². The van der Waals surface area contributed by atoms with E-state index in [0.717, 1.165) is 0 Å². The van der Waals surface area contributed by atoms with Crippen LogP contribution in [0.1, 0.15) is 20.3 Å². The van der Waals surface area contributed by atoms with Crippen molar-refractivity contribution in [3.8, 4) is 0 Å². The first kappa shape index (κ1) is 22.5. The summed E-state index contributed by atoms with van der Waals surface area (Å²) in [7, 11) is 0. The molecular weight excluding hydrogens is 396 g/mol. The number of carbonyl (C=O) groups excluding carboxylic acids is 3. The van der Waals surface area contributed by atoms with Crippen molar-refractivity contribution >= 4 is 47.0 Å². The lowest BCUT2D eigenvalue weighted by Crippen LogP contribution is -2.57. The summed E-state index contributed by atoms with van der Waals surface area (Å²) in [6, 6.07) is 4.28. The largest absolute Gasteiger partial charge is 0.480 e. The maximum absolute atomic E-state index is 12.9. The summed E-state index contributed by atoms with van der Waals surface area (Å²) in [6.45, 7) is 3.32. The van der Waals surface area contributed by atoms with Gasteiger partial charge in [0.05, 0.1) is 11.4 Å². The highest BCUT2D eigenvalue weighted by Gasteiger charge is 2.32. The normalized spacial score (nSPS) is 15.2. The summed E-state index contributed by atoms with van der Waals surface area (Å²) >= 11 is 1.48. The van der Waals surface area contributed by atoms with Gasteiger partial charge in [-0.2, -0.15) is 11.8 Å². The molecule has 0 spiro atoms. The molecule has 4 N–H and O–H groups in total. The summed E-state index contributed by atoms with van der Waals surface area (Å²) in [4.78, 5) is 50.2. The van der Waals surface area contributed by atoms with E-state index >= 15 is 0 Å². The second-order valence-corrected chi connectivity index (χ2v) is 7.99. The van der Waals surface area contributed by atoms with Crippen molar-refractivity contribution in [3.63, 3.8) is 0 Å². The van der Waals surface area contributed by atoms with Crippen molar-refractivity contribution in [2.75, 3.05) is 28.8 Å². The van der Waals surface area contributed by atoms with E-state index in [1.807, 2.05) is 6.26 Å². The number of carboxylic acids is 1. The second-order valence-electron chi connectivity index (χ2n) is 7.00. The minimum absolute atomic E-state index is 0.180. The maximum Gasteiger partial charge on any atom is 0.326 e. The van der Waals surface area contributed by atoms with Crippen LogP contribution in [0, 0.1) is 5.92 Å². The van der Waals surface area contributed by atoms with Gasteiger partial charge in [-0.1, -0.05) is 26.0 Å². The highest BCUT2D eigenvalue weighted by Crippen LogP contribution is 2.28. The van der Waals surface area contributed by atoms with Gasteiger partial charge in [-0.05, 0) is 36.5 Å². The monoisotopic (exact) mass is 422 g/mol. The molecule has 0 aliphatic carbocycles. The van der Waals surface area contributed by atoms with Crippen LogP contribution in [0.2, 0.25) is 0 Å². The number of fused-ring (bicyclic) bond motifs is 1. The zero-order valence-corrected chi connectivity index (χ0v) is 17.4. The van der Waals surface area contributed by atoms with Crippen LogP contribution >= 0.6 is 11.8 Å². The number of para-hydroxylation sites is 2. The minimum Gasteiger partial charge on any atom is -0.480 e. The highest BCUT2D eigenvalue weighted by molar-refractivity contribution is 7.98. The first-order valence-electron chi connectivity index (χ1n) is 9.23. The first-order chi connectivity index (χ1) is 13.7. The van der Waals surface area contributed by atoms with Gasteiger partial charge in [0.2, 0.25) is 11.8 Å². The Morgan fingerprint density at radius 3 is 2.55 bits per heavy atom. The van der Waals surface area contributed by atoms with E-state index < -0.39 is 30.0 Å². The quantitative estimate of drug-likeness (QED) is 0.503. The Morgan fingerprint density at radius 1 is 1.24 bits per heavy atom. The summed E-state index contributed by atoms with van der Waals surface area (Å²) in [5, 5.41) is 17.2. The lowest BCUT2D eigenvalue weighted by Gasteiger charge is -2.31. The molecule has 0 radical (unpaired) electrons. The third kappa shape index (κ3) is 5.86. The molecule has 1 aliphatic rings. The number of nitrogens with one attached hydrogen (secondary N) is 3. The number of benzene rings is 1. The van der Waals surface area contributed by atoms with E-state index in [4.69, 9.17) is 0 Å². The standard InChI is InChI=1S/C19H26N4O5S/c1-11(2)16(17(25)21-13(18(26)27)8-9-29-3)22-19(28)23-10-15(24)20-12-6-4-5-7-14(12)23/h4-7,11,13,16H,8-10H2,1-3H3,(H,20,24)(H,21,25)(H,22,28)(H,26,27)/t13-,16-/m0/s1. The van der Waals surface area contributed by atoms with Gasteiger partial charge in [-0.3, -0.25) is 14.5 Å². The molecule has 158 valence electrons. The van der Waals surface area contributed by atoms with Crippen LogP contribution < -0.4 is 20.9 Å². The summed E-state index contributed by atoms with van der Waals surface area (Å²) in [5.74, 6) is -1.75. The number of hydrogen-bond donors (Lipinski definition) is 4. The molecule has 4 amide bonds. The van der Waals surface area contributed by atoms with Gasteiger partial charge in [0, 0.05) is 0 Å². The molecule has 0 saturated carbocycles. The SMILES string of the molecule is CSCC[C@H](NC(=O)[C@@H](NC(=O)N1CC(=O)Nc2ccccc21)C(C)C)C(=O)O. The molecule has 0 aromatic heterocycles. The molecule has 2 rings (SSSR count). The highest BCUT2D eigenvalue weighted by atomic mass is 32.2. The molecule has 0 bridgehead atoms. The molecule has 29 heavy (non-hydrogen) atoms. The molecule has 9 nitrogen and oxygen atoms in total. The Kier molecular flexibility index (Phi) is 7.89. The molecule has 0 fully saturated rings. The van der Waals surface area contributed by atoms with Crippen molar-refractivity contribution in [1.29, 1.82) is 0 Å². The number of rotatable bonds is 8. The zero-order chi connectivity index (χ0) is 21.6. The van der Waals surface area contributed by atoms with E-state index in [0.29, 0.717) is 17.1 Å².